The maximum atomic E-state index is 6.14. The van der Waals surface area contributed by atoms with Crippen molar-refractivity contribution in [3.8, 4) is 5.75 Å². The van der Waals surface area contributed by atoms with Gasteiger partial charge in [-0.1, -0.05) is 11.6 Å². The summed E-state index contributed by atoms with van der Waals surface area (Å²) in [6.07, 6.45) is 4.34. The Labute approximate surface area is 153 Å². The standard InChI is InChI=1S/C17H21ClN4O.ClH/c1-11(2)23-14-7-5-13(6-8-14)21-17-20-10-15(18)16(22-17)19-9-12-3-4-12;/h5-8,10-12H,3-4,9H2,1-2H3,(H2,19,20,21,22);1H. The summed E-state index contributed by atoms with van der Waals surface area (Å²) in [7, 11) is 0. The van der Waals surface area contributed by atoms with Crippen molar-refractivity contribution in [1.29, 1.82) is 0 Å². The van der Waals surface area contributed by atoms with Crippen molar-refractivity contribution in [2.45, 2.75) is 32.8 Å². The van der Waals surface area contributed by atoms with E-state index in [0.717, 1.165) is 23.9 Å². The minimum atomic E-state index is 0. The number of nitrogens with zero attached hydrogens (tertiary/aromatic N) is 2. The summed E-state index contributed by atoms with van der Waals surface area (Å²) >= 11 is 6.14. The SMILES string of the molecule is CC(C)Oc1ccc(Nc2ncc(Cl)c(NCC3CC3)n2)cc1.Cl. The molecule has 7 heteroatoms. The van der Waals surface area contributed by atoms with Crippen LogP contribution >= 0.6 is 24.0 Å². The summed E-state index contributed by atoms with van der Waals surface area (Å²) in [6, 6.07) is 7.72. The van der Waals surface area contributed by atoms with Crippen LogP contribution in [0.5, 0.6) is 5.75 Å². The lowest BCUT2D eigenvalue weighted by Crippen LogP contribution is -2.08. The highest BCUT2D eigenvalue weighted by Crippen LogP contribution is 2.30. The normalized spacial score (nSPS) is 13.3. The van der Waals surface area contributed by atoms with Gasteiger partial charge in [-0.2, -0.15) is 4.98 Å². The molecule has 1 aromatic heterocycles. The second kappa shape index (κ2) is 8.40. The largest absolute Gasteiger partial charge is 0.491 e. The zero-order chi connectivity index (χ0) is 16.2. The Bertz CT molecular complexity index is 660. The van der Waals surface area contributed by atoms with Gasteiger partial charge in [0.15, 0.2) is 5.82 Å². The van der Waals surface area contributed by atoms with Gasteiger partial charge in [-0.15, -0.1) is 12.4 Å². The summed E-state index contributed by atoms with van der Waals surface area (Å²) in [4.78, 5) is 8.66. The fraction of sp³-hybridized carbons (Fsp3) is 0.412. The number of rotatable bonds is 7. The van der Waals surface area contributed by atoms with Crippen LogP contribution in [0.4, 0.5) is 17.5 Å². The monoisotopic (exact) mass is 368 g/mol. The molecule has 0 saturated heterocycles. The van der Waals surface area contributed by atoms with Gasteiger partial charge in [-0.25, -0.2) is 4.98 Å². The highest BCUT2D eigenvalue weighted by atomic mass is 35.5. The molecule has 0 spiro atoms. The minimum Gasteiger partial charge on any atom is -0.491 e. The summed E-state index contributed by atoms with van der Waals surface area (Å²) in [5, 5.41) is 7.01. The third-order valence-electron chi connectivity index (χ3n) is 3.48. The van der Waals surface area contributed by atoms with Gasteiger partial charge in [0.05, 0.1) is 12.3 Å². The van der Waals surface area contributed by atoms with Crippen molar-refractivity contribution >= 4 is 41.5 Å². The van der Waals surface area contributed by atoms with Crippen molar-refractivity contribution in [1.82, 2.24) is 9.97 Å². The topological polar surface area (TPSA) is 59.1 Å². The van der Waals surface area contributed by atoms with Crippen molar-refractivity contribution in [2.75, 3.05) is 17.2 Å². The Kier molecular flexibility index (Phi) is 6.52. The molecule has 1 aliphatic carbocycles. The number of nitrogens with one attached hydrogen (secondary N) is 2. The average Bonchev–Trinajstić information content (AvgIpc) is 3.33. The second-order valence-electron chi connectivity index (χ2n) is 6.03. The molecule has 0 aliphatic heterocycles. The molecule has 1 aromatic carbocycles. The number of ether oxygens (including phenoxy) is 1. The Morgan fingerprint density at radius 2 is 1.96 bits per heavy atom. The van der Waals surface area contributed by atoms with E-state index < -0.39 is 0 Å². The third kappa shape index (κ3) is 5.42. The highest BCUT2D eigenvalue weighted by molar-refractivity contribution is 6.32. The molecule has 1 aliphatic rings. The maximum absolute atomic E-state index is 6.14. The summed E-state index contributed by atoms with van der Waals surface area (Å²) in [5.74, 6) is 2.79. The van der Waals surface area contributed by atoms with Crippen molar-refractivity contribution in [2.24, 2.45) is 5.92 Å². The first-order valence-electron chi connectivity index (χ1n) is 7.90. The number of hydrogen-bond donors (Lipinski definition) is 2. The van der Waals surface area contributed by atoms with Crippen LogP contribution in [0.2, 0.25) is 5.02 Å². The molecule has 0 atom stereocenters. The first-order valence-corrected chi connectivity index (χ1v) is 8.28. The maximum Gasteiger partial charge on any atom is 0.229 e. The molecule has 0 amide bonds. The van der Waals surface area contributed by atoms with E-state index in [-0.39, 0.29) is 18.5 Å². The molecule has 1 heterocycles. The Hall–Kier alpha value is -1.72. The van der Waals surface area contributed by atoms with Crippen LogP contribution in [0.25, 0.3) is 0 Å². The van der Waals surface area contributed by atoms with E-state index in [9.17, 15) is 0 Å². The Balaban J connectivity index is 0.00000208. The van der Waals surface area contributed by atoms with Gasteiger partial charge >= 0.3 is 0 Å². The van der Waals surface area contributed by atoms with Gasteiger partial charge in [0.25, 0.3) is 0 Å². The van der Waals surface area contributed by atoms with Crippen LogP contribution in [0, 0.1) is 5.92 Å². The van der Waals surface area contributed by atoms with Crippen molar-refractivity contribution in [3.05, 3.63) is 35.5 Å². The van der Waals surface area contributed by atoms with Gasteiger partial charge in [-0.05, 0) is 56.9 Å². The van der Waals surface area contributed by atoms with Crippen molar-refractivity contribution in [3.63, 3.8) is 0 Å². The van der Waals surface area contributed by atoms with Crippen LogP contribution in [-0.4, -0.2) is 22.6 Å². The van der Waals surface area contributed by atoms with Gasteiger partial charge < -0.3 is 15.4 Å². The number of benzene rings is 1. The van der Waals surface area contributed by atoms with Crippen LogP contribution in [-0.2, 0) is 0 Å². The molecule has 1 fully saturated rings. The molecule has 130 valence electrons. The average molecular weight is 369 g/mol. The van der Waals surface area contributed by atoms with E-state index in [2.05, 4.69) is 20.6 Å². The zero-order valence-electron chi connectivity index (χ0n) is 13.8. The molecule has 0 bridgehead atoms. The van der Waals surface area contributed by atoms with Gasteiger partial charge in [0, 0.05) is 12.2 Å². The quantitative estimate of drug-likeness (QED) is 0.727. The third-order valence-corrected chi connectivity index (χ3v) is 3.76. The van der Waals surface area contributed by atoms with E-state index in [1.807, 2.05) is 38.1 Å². The molecule has 5 nitrogen and oxygen atoms in total. The van der Waals surface area contributed by atoms with Gasteiger partial charge in [0.2, 0.25) is 5.95 Å². The van der Waals surface area contributed by atoms with E-state index in [0.29, 0.717) is 16.8 Å². The first-order chi connectivity index (χ1) is 11.1. The number of halogens is 2. The van der Waals surface area contributed by atoms with Gasteiger partial charge in [0.1, 0.15) is 10.8 Å². The second-order valence-corrected chi connectivity index (χ2v) is 6.44. The predicted octanol–water partition coefficient (Wildman–Crippen LogP) is 4.90. The van der Waals surface area contributed by atoms with Crippen LogP contribution in [0.15, 0.2) is 30.5 Å². The minimum absolute atomic E-state index is 0. The first kappa shape index (κ1) is 18.6. The number of hydrogen-bond acceptors (Lipinski definition) is 5. The zero-order valence-corrected chi connectivity index (χ0v) is 15.3. The molecule has 3 rings (SSSR count). The molecule has 0 unspecified atom stereocenters. The van der Waals surface area contributed by atoms with E-state index in [1.54, 1.807) is 6.20 Å². The van der Waals surface area contributed by atoms with Crippen molar-refractivity contribution < 1.29 is 4.74 Å². The summed E-state index contributed by atoms with van der Waals surface area (Å²) in [6.45, 7) is 4.92. The number of aromatic nitrogens is 2. The molecule has 1 saturated carbocycles. The van der Waals surface area contributed by atoms with E-state index >= 15 is 0 Å². The lowest BCUT2D eigenvalue weighted by molar-refractivity contribution is 0.242. The summed E-state index contributed by atoms with van der Waals surface area (Å²) < 4.78 is 5.63. The fourth-order valence-electron chi connectivity index (χ4n) is 2.13. The summed E-state index contributed by atoms with van der Waals surface area (Å²) in [5.41, 5.74) is 0.900. The van der Waals surface area contributed by atoms with Crippen LogP contribution in [0.3, 0.4) is 0 Å². The van der Waals surface area contributed by atoms with Gasteiger partial charge in [-0.3, -0.25) is 0 Å². The highest BCUT2D eigenvalue weighted by Gasteiger charge is 2.21. The van der Waals surface area contributed by atoms with Crippen LogP contribution < -0.4 is 15.4 Å². The molecule has 0 radical (unpaired) electrons. The lowest BCUT2D eigenvalue weighted by atomic mass is 10.3. The predicted molar refractivity (Wildman–Crippen MR) is 101 cm³/mol. The Morgan fingerprint density at radius 3 is 2.58 bits per heavy atom. The Morgan fingerprint density at radius 1 is 1.25 bits per heavy atom. The molecule has 2 N–H and O–H groups in total. The molecular formula is C17H22Cl2N4O. The molecular weight excluding hydrogens is 347 g/mol. The smallest absolute Gasteiger partial charge is 0.229 e. The lowest BCUT2D eigenvalue weighted by Gasteiger charge is -2.11. The fourth-order valence-corrected chi connectivity index (χ4v) is 2.29. The van der Waals surface area contributed by atoms with E-state index in [1.165, 1.54) is 12.8 Å². The molecule has 24 heavy (non-hydrogen) atoms. The van der Waals surface area contributed by atoms with Crippen LogP contribution in [0.1, 0.15) is 26.7 Å². The van der Waals surface area contributed by atoms with E-state index in [4.69, 9.17) is 16.3 Å². The number of anilines is 3. The molecule has 2 aromatic rings.